The molecular formula is C13H23N3O3. The van der Waals surface area contributed by atoms with Gasteiger partial charge in [0.25, 0.3) is 5.91 Å². The maximum absolute atomic E-state index is 12.0. The summed E-state index contributed by atoms with van der Waals surface area (Å²) < 4.78 is 5.48. The van der Waals surface area contributed by atoms with Crippen LogP contribution in [0, 0.1) is 0 Å². The molecule has 1 atom stereocenters. The number of carbonyl (C=O) groups excluding carboxylic acids is 2. The van der Waals surface area contributed by atoms with Crippen LogP contribution in [0.4, 0.5) is 4.79 Å². The molecule has 1 N–H and O–H groups in total. The fourth-order valence-corrected chi connectivity index (χ4v) is 2.57. The molecule has 0 aliphatic carbocycles. The van der Waals surface area contributed by atoms with Crippen LogP contribution in [0.5, 0.6) is 0 Å². The van der Waals surface area contributed by atoms with Gasteiger partial charge in [0, 0.05) is 26.2 Å². The Kier molecular flexibility index (Phi) is 4.10. The molecule has 2 saturated heterocycles. The Morgan fingerprint density at radius 1 is 1.37 bits per heavy atom. The van der Waals surface area contributed by atoms with Crippen molar-refractivity contribution >= 4 is 11.9 Å². The van der Waals surface area contributed by atoms with Crippen LogP contribution in [0.15, 0.2) is 0 Å². The van der Waals surface area contributed by atoms with Crippen molar-refractivity contribution in [2.75, 3.05) is 32.8 Å². The zero-order valence-corrected chi connectivity index (χ0v) is 11.9. The summed E-state index contributed by atoms with van der Waals surface area (Å²) in [6, 6.07) is -0.273. The van der Waals surface area contributed by atoms with Crippen LogP contribution in [0.25, 0.3) is 0 Å². The second kappa shape index (κ2) is 5.46. The van der Waals surface area contributed by atoms with Crippen LogP contribution in [0.3, 0.4) is 0 Å². The predicted molar refractivity (Wildman–Crippen MR) is 70.8 cm³/mol. The van der Waals surface area contributed by atoms with Gasteiger partial charge in [0.15, 0.2) is 0 Å². The molecule has 2 heterocycles. The summed E-state index contributed by atoms with van der Waals surface area (Å²) in [5.41, 5.74) is -0.759. The number of morpholine rings is 1. The number of urea groups is 1. The second-order valence-corrected chi connectivity index (χ2v) is 5.85. The van der Waals surface area contributed by atoms with E-state index in [1.54, 1.807) is 13.8 Å². The molecule has 108 valence electrons. The minimum absolute atomic E-state index is 0.132. The van der Waals surface area contributed by atoms with Crippen molar-refractivity contribution in [3.63, 3.8) is 0 Å². The quantitative estimate of drug-likeness (QED) is 0.752. The van der Waals surface area contributed by atoms with Crippen LogP contribution in [0.2, 0.25) is 0 Å². The van der Waals surface area contributed by atoms with Gasteiger partial charge >= 0.3 is 6.03 Å². The lowest BCUT2D eigenvalue weighted by atomic mass is 10.1. The second-order valence-electron chi connectivity index (χ2n) is 5.85. The first kappa shape index (κ1) is 14.3. The zero-order valence-electron chi connectivity index (χ0n) is 11.9. The molecule has 19 heavy (non-hydrogen) atoms. The minimum Gasteiger partial charge on any atom is -0.376 e. The van der Waals surface area contributed by atoms with Crippen LogP contribution >= 0.6 is 0 Å². The van der Waals surface area contributed by atoms with Crippen molar-refractivity contribution < 1.29 is 14.3 Å². The van der Waals surface area contributed by atoms with E-state index < -0.39 is 5.54 Å². The van der Waals surface area contributed by atoms with Crippen molar-refractivity contribution in [1.29, 1.82) is 0 Å². The van der Waals surface area contributed by atoms with E-state index in [4.69, 9.17) is 4.74 Å². The van der Waals surface area contributed by atoms with Gasteiger partial charge in [0.2, 0.25) is 0 Å². The van der Waals surface area contributed by atoms with Gasteiger partial charge in [-0.1, -0.05) is 0 Å². The Bertz CT molecular complexity index is 370. The molecule has 1 unspecified atom stereocenters. The van der Waals surface area contributed by atoms with Crippen molar-refractivity contribution in [3.05, 3.63) is 0 Å². The lowest BCUT2D eigenvalue weighted by Crippen LogP contribution is -2.43. The van der Waals surface area contributed by atoms with E-state index in [9.17, 15) is 9.59 Å². The van der Waals surface area contributed by atoms with Crippen LogP contribution in [0.1, 0.15) is 27.2 Å². The van der Waals surface area contributed by atoms with Gasteiger partial charge in [-0.2, -0.15) is 0 Å². The topological polar surface area (TPSA) is 61.9 Å². The normalized spacial score (nSPS) is 27.7. The maximum Gasteiger partial charge on any atom is 0.325 e. The Hall–Kier alpha value is -1.14. The molecule has 2 aliphatic heterocycles. The van der Waals surface area contributed by atoms with E-state index in [2.05, 4.69) is 17.1 Å². The number of rotatable bonds is 4. The number of nitrogens with one attached hydrogen (secondary N) is 1. The van der Waals surface area contributed by atoms with E-state index in [1.807, 2.05) is 0 Å². The monoisotopic (exact) mass is 269 g/mol. The highest BCUT2D eigenvalue weighted by Gasteiger charge is 2.43. The summed E-state index contributed by atoms with van der Waals surface area (Å²) in [5.74, 6) is -0.132. The van der Waals surface area contributed by atoms with Gasteiger partial charge < -0.3 is 10.1 Å². The SMILES string of the molecule is CC1CN(CCCN2C(=O)NC(C)(C)C2=O)CCO1. The van der Waals surface area contributed by atoms with Gasteiger partial charge in [-0.25, -0.2) is 4.79 Å². The molecule has 0 aromatic heterocycles. The summed E-state index contributed by atoms with van der Waals surface area (Å²) in [5, 5.41) is 2.69. The molecule has 0 saturated carbocycles. The summed E-state index contributed by atoms with van der Waals surface area (Å²) in [6.45, 7) is 9.52. The largest absolute Gasteiger partial charge is 0.376 e. The van der Waals surface area contributed by atoms with Crippen LogP contribution < -0.4 is 5.32 Å². The smallest absolute Gasteiger partial charge is 0.325 e. The highest BCUT2D eigenvalue weighted by molar-refractivity contribution is 6.06. The third-order valence-electron chi connectivity index (χ3n) is 3.63. The lowest BCUT2D eigenvalue weighted by Gasteiger charge is -2.31. The molecule has 0 aromatic rings. The molecular weight excluding hydrogens is 246 g/mol. The molecule has 0 spiro atoms. The van der Waals surface area contributed by atoms with Crippen molar-refractivity contribution in [2.24, 2.45) is 0 Å². The summed E-state index contributed by atoms with van der Waals surface area (Å²) in [4.78, 5) is 27.3. The number of hydrogen-bond acceptors (Lipinski definition) is 4. The summed E-state index contributed by atoms with van der Waals surface area (Å²) >= 11 is 0. The van der Waals surface area contributed by atoms with E-state index in [-0.39, 0.29) is 18.0 Å². The molecule has 6 heteroatoms. The molecule has 0 bridgehead atoms. The number of imide groups is 1. The Labute approximate surface area is 114 Å². The number of hydrogen-bond donors (Lipinski definition) is 1. The van der Waals surface area contributed by atoms with E-state index >= 15 is 0 Å². The van der Waals surface area contributed by atoms with Gasteiger partial charge in [0.1, 0.15) is 5.54 Å². The Morgan fingerprint density at radius 3 is 2.68 bits per heavy atom. The van der Waals surface area contributed by atoms with E-state index in [1.165, 1.54) is 4.90 Å². The maximum atomic E-state index is 12.0. The Morgan fingerprint density at radius 2 is 2.11 bits per heavy atom. The summed E-state index contributed by atoms with van der Waals surface area (Å²) in [6.07, 6.45) is 1.08. The molecule has 3 amide bonds. The minimum atomic E-state index is -0.759. The first-order chi connectivity index (χ1) is 8.90. The van der Waals surface area contributed by atoms with Crippen LogP contribution in [-0.4, -0.2) is 66.2 Å². The van der Waals surface area contributed by atoms with E-state index in [0.29, 0.717) is 6.54 Å². The number of amides is 3. The van der Waals surface area contributed by atoms with Gasteiger partial charge in [-0.3, -0.25) is 14.6 Å². The first-order valence-corrected chi connectivity index (χ1v) is 6.88. The number of ether oxygens (including phenoxy) is 1. The fourth-order valence-electron chi connectivity index (χ4n) is 2.57. The molecule has 2 rings (SSSR count). The molecule has 2 aliphatic rings. The average Bonchev–Trinajstić information content (AvgIpc) is 2.51. The van der Waals surface area contributed by atoms with Gasteiger partial charge in [-0.05, 0) is 27.2 Å². The molecule has 2 fully saturated rings. The van der Waals surface area contributed by atoms with E-state index in [0.717, 1.165) is 32.7 Å². The average molecular weight is 269 g/mol. The molecule has 6 nitrogen and oxygen atoms in total. The van der Waals surface area contributed by atoms with Crippen molar-refractivity contribution in [3.8, 4) is 0 Å². The third kappa shape index (κ3) is 3.25. The standard InChI is InChI=1S/C13H23N3O3/c1-10-9-15(7-8-19-10)5-4-6-16-11(17)13(2,3)14-12(16)18/h10H,4-9H2,1-3H3,(H,14,18). The molecule has 0 radical (unpaired) electrons. The predicted octanol–water partition coefficient (Wildman–Crippen LogP) is 0.428. The number of nitrogens with zero attached hydrogens (tertiary/aromatic N) is 2. The van der Waals surface area contributed by atoms with Crippen LogP contribution in [-0.2, 0) is 9.53 Å². The number of carbonyl (C=O) groups is 2. The third-order valence-corrected chi connectivity index (χ3v) is 3.63. The highest BCUT2D eigenvalue weighted by Crippen LogP contribution is 2.16. The van der Waals surface area contributed by atoms with Crippen molar-refractivity contribution in [2.45, 2.75) is 38.8 Å². The fraction of sp³-hybridized carbons (Fsp3) is 0.846. The first-order valence-electron chi connectivity index (χ1n) is 6.88. The summed E-state index contributed by atoms with van der Waals surface area (Å²) in [7, 11) is 0. The highest BCUT2D eigenvalue weighted by atomic mass is 16.5. The van der Waals surface area contributed by atoms with Crippen molar-refractivity contribution in [1.82, 2.24) is 15.1 Å². The molecule has 0 aromatic carbocycles. The zero-order chi connectivity index (χ0) is 14.0. The Balaban J connectivity index is 1.77. The van der Waals surface area contributed by atoms with Gasteiger partial charge in [-0.15, -0.1) is 0 Å². The van der Waals surface area contributed by atoms with Gasteiger partial charge in [0.05, 0.1) is 12.7 Å². The lowest BCUT2D eigenvalue weighted by molar-refractivity contribution is -0.130.